The summed E-state index contributed by atoms with van der Waals surface area (Å²) in [5.41, 5.74) is 0.956. The topological polar surface area (TPSA) is 50.4 Å². The first-order valence-corrected chi connectivity index (χ1v) is 7.54. The third-order valence-electron chi connectivity index (χ3n) is 2.40. The lowest BCUT2D eigenvalue weighted by molar-refractivity contribution is -0.140. The van der Waals surface area contributed by atoms with E-state index in [0.29, 0.717) is 24.5 Å². The smallest absolute Gasteiger partial charge is 0.305 e. The first-order chi connectivity index (χ1) is 9.15. The Morgan fingerprint density at radius 2 is 2.26 bits per heavy atom. The fraction of sp³-hybridized carbons (Fsp3) is 0.385. The van der Waals surface area contributed by atoms with Crippen molar-refractivity contribution in [1.82, 2.24) is 5.32 Å². The molecule has 0 spiro atoms. The molecule has 0 radical (unpaired) electrons. The van der Waals surface area contributed by atoms with E-state index in [4.69, 9.17) is 12.2 Å². The van der Waals surface area contributed by atoms with Gasteiger partial charge in [0.15, 0.2) is 5.11 Å². The Kier molecular flexibility index (Phi) is 7.28. The average Bonchev–Trinajstić information content (AvgIpc) is 2.43. The van der Waals surface area contributed by atoms with Gasteiger partial charge in [0.1, 0.15) is 0 Å². The number of methoxy groups -OCH3 is 1. The van der Waals surface area contributed by atoms with Crippen molar-refractivity contribution in [3.8, 4) is 0 Å². The number of thiocarbonyl (C=S) groups is 1. The van der Waals surface area contributed by atoms with Gasteiger partial charge in [-0.1, -0.05) is 6.07 Å². The minimum absolute atomic E-state index is 0.201. The molecular formula is C13H18N2O2S2. The molecule has 1 rings (SSSR count). The van der Waals surface area contributed by atoms with Crippen LogP contribution in [0.3, 0.4) is 0 Å². The molecule has 1 aromatic carbocycles. The first kappa shape index (κ1) is 15.8. The minimum Gasteiger partial charge on any atom is -0.469 e. The minimum atomic E-state index is -0.201. The Morgan fingerprint density at radius 3 is 2.95 bits per heavy atom. The van der Waals surface area contributed by atoms with E-state index in [0.717, 1.165) is 5.69 Å². The third-order valence-corrected chi connectivity index (χ3v) is 3.37. The predicted octanol–water partition coefficient (Wildman–Crippen LogP) is 2.65. The van der Waals surface area contributed by atoms with Gasteiger partial charge in [-0.15, -0.1) is 11.8 Å². The molecule has 2 N–H and O–H groups in total. The Labute approximate surface area is 123 Å². The van der Waals surface area contributed by atoms with Gasteiger partial charge < -0.3 is 15.4 Å². The molecule has 0 aromatic heterocycles. The highest BCUT2D eigenvalue weighted by atomic mass is 32.2. The van der Waals surface area contributed by atoms with E-state index in [1.165, 1.54) is 12.0 Å². The standard InChI is InChI=1S/C13H18N2O2S2/c1-17-12(16)7-4-8-14-13(18)15-10-5-3-6-11(9-10)19-2/h3,5-6,9H,4,7-8H2,1-2H3,(H2,14,15,18). The Balaban J connectivity index is 2.28. The molecular weight excluding hydrogens is 280 g/mol. The Hall–Kier alpha value is -1.27. The molecule has 104 valence electrons. The van der Waals surface area contributed by atoms with Crippen LogP contribution in [-0.2, 0) is 9.53 Å². The van der Waals surface area contributed by atoms with Crippen LogP contribution in [0.1, 0.15) is 12.8 Å². The number of rotatable bonds is 6. The maximum atomic E-state index is 10.9. The molecule has 1 aromatic rings. The molecule has 0 saturated carbocycles. The summed E-state index contributed by atoms with van der Waals surface area (Å²) in [6, 6.07) is 8.02. The number of carbonyl (C=O) groups is 1. The zero-order chi connectivity index (χ0) is 14.1. The maximum absolute atomic E-state index is 10.9. The van der Waals surface area contributed by atoms with Gasteiger partial charge in [-0.2, -0.15) is 0 Å². The SMILES string of the molecule is COC(=O)CCCNC(=S)Nc1cccc(SC)c1. The van der Waals surface area contributed by atoms with Gasteiger partial charge >= 0.3 is 5.97 Å². The van der Waals surface area contributed by atoms with Gasteiger partial charge in [0, 0.05) is 23.5 Å². The average molecular weight is 298 g/mol. The van der Waals surface area contributed by atoms with Crippen molar-refractivity contribution in [2.45, 2.75) is 17.7 Å². The largest absolute Gasteiger partial charge is 0.469 e. The molecule has 0 atom stereocenters. The van der Waals surface area contributed by atoms with Crippen molar-refractivity contribution in [2.75, 3.05) is 25.2 Å². The number of hydrogen-bond donors (Lipinski definition) is 2. The summed E-state index contributed by atoms with van der Waals surface area (Å²) < 4.78 is 4.56. The fourth-order valence-corrected chi connectivity index (χ4v) is 2.09. The number of anilines is 1. The van der Waals surface area contributed by atoms with Gasteiger partial charge in [-0.3, -0.25) is 4.79 Å². The van der Waals surface area contributed by atoms with Gasteiger partial charge in [0.05, 0.1) is 7.11 Å². The fourth-order valence-electron chi connectivity index (χ4n) is 1.41. The molecule has 0 fully saturated rings. The first-order valence-electron chi connectivity index (χ1n) is 5.91. The van der Waals surface area contributed by atoms with Crippen molar-refractivity contribution < 1.29 is 9.53 Å². The van der Waals surface area contributed by atoms with Crippen molar-refractivity contribution in [1.29, 1.82) is 0 Å². The maximum Gasteiger partial charge on any atom is 0.305 e. The number of nitrogens with one attached hydrogen (secondary N) is 2. The van der Waals surface area contributed by atoms with E-state index < -0.39 is 0 Å². The van der Waals surface area contributed by atoms with Gasteiger partial charge in [0.25, 0.3) is 0 Å². The summed E-state index contributed by atoms with van der Waals surface area (Å²) in [4.78, 5) is 12.1. The van der Waals surface area contributed by atoms with E-state index in [-0.39, 0.29) is 5.97 Å². The van der Waals surface area contributed by atoms with Crippen LogP contribution in [0, 0.1) is 0 Å². The number of esters is 1. The number of benzene rings is 1. The van der Waals surface area contributed by atoms with Crippen LogP contribution in [0.5, 0.6) is 0 Å². The molecule has 0 saturated heterocycles. The van der Waals surface area contributed by atoms with Crippen molar-refractivity contribution in [3.05, 3.63) is 24.3 Å². The second kappa shape index (κ2) is 8.77. The normalized spacial score (nSPS) is 9.79. The van der Waals surface area contributed by atoms with Crippen LogP contribution in [0.4, 0.5) is 5.69 Å². The van der Waals surface area contributed by atoms with E-state index >= 15 is 0 Å². The zero-order valence-electron chi connectivity index (χ0n) is 11.1. The Bertz CT molecular complexity index is 438. The molecule has 19 heavy (non-hydrogen) atoms. The second-order valence-corrected chi connectivity index (χ2v) is 5.08. The van der Waals surface area contributed by atoms with E-state index in [2.05, 4.69) is 15.4 Å². The van der Waals surface area contributed by atoms with E-state index in [1.54, 1.807) is 11.8 Å². The van der Waals surface area contributed by atoms with Crippen LogP contribution >= 0.6 is 24.0 Å². The summed E-state index contributed by atoms with van der Waals surface area (Å²) in [7, 11) is 1.39. The van der Waals surface area contributed by atoms with E-state index in [9.17, 15) is 4.79 Å². The van der Waals surface area contributed by atoms with Crippen LogP contribution in [0.2, 0.25) is 0 Å². The summed E-state index contributed by atoms with van der Waals surface area (Å²) in [6.45, 7) is 0.642. The molecule has 6 heteroatoms. The van der Waals surface area contributed by atoms with Gasteiger partial charge in [0.2, 0.25) is 0 Å². The molecule has 0 bridgehead atoms. The molecule has 0 heterocycles. The molecule has 0 aliphatic heterocycles. The van der Waals surface area contributed by atoms with Gasteiger partial charge in [-0.25, -0.2) is 0 Å². The lowest BCUT2D eigenvalue weighted by Crippen LogP contribution is -2.29. The van der Waals surface area contributed by atoms with Crippen LogP contribution < -0.4 is 10.6 Å². The zero-order valence-corrected chi connectivity index (χ0v) is 12.7. The predicted molar refractivity (Wildman–Crippen MR) is 83.7 cm³/mol. The number of thioether (sulfide) groups is 1. The highest BCUT2D eigenvalue weighted by molar-refractivity contribution is 7.98. The van der Waals surface area contributed by atoms with E-state index in [1.807, 2.05) is 30.5 Å². The van der Waals surface area contributed by atoms with Crippen molar-refractivity contribution in [3.63, 3.8) is 0 Å². The monoisotopic (exact) mass is 298 g/mol. The number of carbonyl (C=O) groups excluding carboxylic acids is 1. The van der Waals surface area contributed by atoms with Crippen molar-refractivity contribution >= 4 is 40.7 Å². The summed E-state index contributed by atoms with van der Waals surface area (Å²) in [6.07, 6.45) is 3.12. The molecule has 0 amide bonds. The quantitative estimate of drug-likeness (QED) is 0.364. The lowest BCUT2D eigenvalue weighted by atomic mass is 10.3. The molecule has 0 unspecified atom stereocenters. The second-order valence-electron chi connectivity index (χ2n) is 3.79. The molecule has 0 aliphatic rings. The van der Waals surface area contributed by atoms with Gasteiger partial charge in [-0.05, 0) is 43.1 Å². The van der Waals surface area contributed by atoms with Crippen LogP contribution in [-0.4, -0.2) is 31.0 Å². The summed E-state index contributed by atoms with van der Waals surface area (Å²) >= 11 is 6.86. The summed E-state index contributed by atoms with van der Waals surface area (Å²) in [5, 5.41) is 6.72. The van der Waals surface area contributed by atoms with Crippen molar-refractivity contribution in [2.24, 2.45) is 0 Å². The lowest BCUT2D eigenvalue weighted by Gasteiger charge is -2.10. The third kappa shape index (κ3) is 6.45. The Morgan fingerprint density at radius 1 is 1.47 bits per heavy atom. The van der Waals surface area contributed by atoms with Crippen LogP contribution in [0.15, 0.2) is 29.2 Å². The highest BCUT2D eigenvalue weighted by Crippen LogP contribution is 2.18. The summed E-state index contributed by atoms with van der Waals surface area (Å²) in [5.74, 6) is -0.201. The highest BCUT2D eigenvalue weighted by Gasteiger charge is 2.01. The van der Waals surface area contributed by atoms with Crippen LogP contribution in [0.25, 0.3) is 0 Å². The molecule has 0 aliphatic carbocycles. The number of ether oxygens (including phenoxy) is 1. The molecule has 4 nitrogen and oxygen atoms in total. The number of hydrogen-bond acceptors (Lipinski definition) is 4.